The third kappa shape index (κ3) is 3.00. The fourth-order valence-electron chi connectivity index (χ4n) is 1.03. The van der Waals surface area contributed by atoms with Crippen LogP contribution in [0.15, 0.2) is 6.20 Å². The van der Waals surface area contributed by atoms with Crippen LogP contribution in [-0.2, 0) is 6.54 Å². The molecular formula is C7H5F4N3O3. The molecule has 17 heavy (non-hydrogen) atoms. The van der Waals surface area contributed by atoms with E-state index in [4.69, 9.17) is 5.73 Å². The van der Waals surface area contributed by atoms with Crippen LogP contribution in [-0.4, -0.2) is 16.3 Å². The molecule has 1 rings (SSSR count). The first-order valence-electron chi connectivity index (χ1n) is 4.04. The second-order valence-electron chi connectivity index (χ2n) is 2.76. The lowest BCUT2D eigenvalue weighted by Crippen LogP contribution is -2.20. The molecule has 0 aliphatic carbocycles. The molecule has 94 valence electrons. The first kappa shape index (κ1) is 13.1. The van der Waals surface area contributed by atoms with Crippen LogP contribution >= 0.6 is 0 Å². The van der Waals surface area contributed by atoms with Crippen LogP contribution in [0.4, 0.5) is 23.2 Å². The van der Waals surface area contributed by atoms with Gasteiger partial charge in [0.05, 0.1) is 4.92 Å². The predicted octanol–water partition coefficient (Wildman–Crippen LogP) is 1.49. The molecule has 0 aliphatic heterocycles. The number of pyridine rings is 1. The maximum atomic E-state index is 13.0. The molecule has 6 nitrogen and oxygen atoms in total. The number of alkyl halides is 3. The van der Waals surface area contributed by atoms with Gasteiger partial charge in [-0.05, 0) is 0 Å². The van der Waals surface area contributed by atoms with Crippen LogP contribution in [0.3, 0.4) is 0 Å². The van der Waals surface area contributed by atoms with Crippen molar-refractivity contribution in [3.8, 4) is 5.75 Å². The van der Waals surface area contributed by atoms with Crippen molar-refractivity contribution in [1.82, 2.24) is 4.98 Å². The van der Waals surface area contributed by atoms with Gasteiger partial charge in [-0.2, -0.15) is 4.39 Å². The summed E-state index contributed by atoms with van der Waals surface area (Å²) in [6.45, 7) is -0.514. The highest BCUT2D eigenvalue weighted by Gasteiger charge is 2.37. The van der Waals surface area contributed by atoms with E-state index < -0.39 is 40.8 Å². The summed E-state index contributed by atoms with van der Waals surface area (Å²) in [5.41, 5.74) is 3.14. The first-order chi connectivity index (χ1) is 7.76. The van der Waals surface area contributed by atoms with Crippen molar-refractivity contribution in [2.75, 3.05) is 0 Å². The number of nitro groups is 1. The van der Waals surface area contributed by atoms with Crippen LogP contribution in [0.5, 0.6) is 5.75 Å². The molecule has 0 fully saturated rings. The van der Waals surface area contributed by atoms with E-state index in [0.717, 1.165) is 0 Å². The number of hydrogen-bond donors (Lipinski definition) is 1. The van der Waals surface area contributed by atoms with Crippen LogP contribution in [0.2, 0.25) is 0 Å². The lowest BCUT2D eigenvalue weighted by atomic mass is 10.2. The molecule has 0 aromatic carbocycles. The molecule has 1 aromatic rings. The van der Waals surface area contributed by atoms with Crippen molar-refractivity contribution in [3.05, 3.63) is 27.8 Å². The van der Waals surface area contributed by atoms with Crippen LogP contribution < -0.4 is 10.5 Å². The lowest BCUT2D eigenvalue weighted by molar-refractivity contribution is -0.391. The minimum atomic E-state index is -5.19. The normalized spacial score (nSPS) is 11.4. The number of rotatable bonds is 3. The van der Waals surface area contributed by atoms with Gasteiger partial charge in [-0.15, -0.1) is 13.2 Å². The van der Waals surface area contributed by atoms with E-state index >= 15 is 0 Å². The Kier molecular flexibility index (Phi) is 3.46. The van der Waals surface area contributed by atoms with Crippen LogP contribution in [0, 0.1) is 16.1 Å². The molecular weight excluding hydrogens is 250 g/mol. The summed E-state index contributed by atoms with van der Waals surface area (Å²) in [5, 5.41) is 10.4. The molecule has 1 aromatic heterocycles. The van der Waals surface area contributed by atoms with Crippen molar-refractivity contribution in [1.29, 1.82) is 0 Å². The van der Waals surface area contributed by atoms with Crippen molar-refractivity contribution in [2.45, 2.75) is 12.9 Å². The summed E-state index contributed by atoms with van der Waals surface area (Å²) in [5.74, 6) is -2.95. The second-order valence-corrected chi connectivity index (χ2v) is 2.76. The summed E-state index contributed by atoms with van der Waals surface area (Å²) >= 11 is 0. The highest BCUT2D eigenvalue weighted by Crippen LogP contribution is 2.36. The van der Waals surface area contributed by atoms with E-state index in [1.54, 1.807) is 0 Å². The minimum Gasteiger partial charge on any atom is -0.398 e. The molecule has 0 aliphatic rings. The Bertz CT molecular complexity index is 449. The van der Waals surface area contributed by atoms with Crippen molar-refractivity contribution >= 4 is 5.69 Å². The summed E-state index contributed by atoms with van der Waals surface area (Å²) in [7, 11) is 0. The van der Waals surface area contributed by atoms with Crippen molar-refractivity contribution in [3.63, 3.8) is 0 Å². The predicted molar refractivity (Wildman–Crippen MR) is 45.4 cm³/mol. The molecule has 1 heterocycles. The first-order valence-corrected chi connectivity index (χ1v) is 4.04. The SMILES string of the molecule is NCc1cnc(F)c([N+](=O)[O-])c1OC(F)(F)F. The zero-order valence-corrected chi connectivity index (χ0v) is 7.99. The van der Waals surface area contributed by atoms with Gasteiger partial charge in [0, 0.05) is 18.3 Å². The maximum Gasteiger partial charge on any atom is 0.573 e. The summed E-state index contributed by atoms with van der Waals surface area (Å²) in [4.78, 5) is 12.0. The summed E-state index contributed by atoms with van der Waals surface area (Å²) in [6.07, 6.45) is -4.55. The summed E-state index contributed by atoms with van der Waals surface area (Å²) in [6, 6.07) is 0. The number of aromatic nitrogens is 1. The van der Waals surface area contributed by atoms with Gasteiger partial charge in [0.25, 0.3) is 5.95 Å². The molecule has 10 heteroatoms. The highest BCUT2D eigenvalue weighted by atomic mass is 19.4. The maximum absolute atomic E-state index is 13.0. The number of ether oxygens (including phenoxy) is 1. The lowest BCUT2D eigenvalue weighted by Gasteiger charge is -2.12. The third-order valence-corrected chi connectivity index (χ3v) is 1.66. The van der Waals surface area contributed by atoms with E-state index in [0.29, 0.717) is 6.20 Å². The highest BCUT2D eigenvalue weighted by molar-refractivity contribution is 5.50. The third-order valence-electron chi connectivity index (χ3n) is 1.66. The van der Waals surface area contributed by atoms with Gasteiger partial charge in [-0.25, -0.2) is 4.98 Å². The Morgan fingerprint density at radius 3 is 2.53 bits per heavy atom. The largest absolute Gasteiger partial charge is 0.573 e. The number of halogens is 4. The number of hydrogen-bond acceptors (Lipinski definition) is 5. The monoisotopic (exact) mass is 255 g/mol. The van der Waals surface area contributed by atoms with E-state index in [1.165, 1.54) is 0 Å². The summed E-state index contributed by atoms with van der Waals surface area (Å²) < 4.78 is 52.4. The van der Waals surface area contributed by atoms with Gasteiger partial charge in [0.2, 0.25) is 5.75 Å². The Morgan fingerprint density at radius 2 is 2.12 bits per heavy atom. The molecule has 0 saturated heterocycles. The number of nitrogens with two attached hydrogens (primary N) is 1. The van der Waals surface area contributed by atoms with E-state index in [2.05, 4.69) is 9.72 Å². The molecule has 0 atom stereocenters. The molecule has 0 amide bonds. The fourth-order valence-corrected chi connectivity index (χ4v) is 1.03. The zero-order chi connectivity index (χ0) is 13.2. The average molecular weight is 255 g/mol. The molecule has 0 unspecified atom stereocenters. The topological polar surface area (TPSA) is 91.3 Å². The second kappa shape index (κ2) is 4.49. The van der Waals surface area contributed by atoms with E-state index in [1.807, 2.05) is 0 Å². The van der Waals surface area contributed by atoms with Gasteiger partial charge in [-0.1, -0.05) is 0 Å². The zero-order valence-electron chi connectivity index (χ0n) is 7.99. The molecule has 2 N–H and O–H groups in total. The minimum absolute atomic E-state index is 0.421. The smallest absolute Gasteiger partial charge is 0.398 e. The number of nitrogens with zero attached hydrogens (tertiary/aromatic N) is 2. The van der Waals surface area contributed by atoms with Crippen LogP contribution in [0.1, 0.15) is 5.56 Å². The van der Waals surface area contributed by atoms with Gasteiger partial charge in [-0.3, -0.25) is 10.1 Å². The molecule has 0 radical (unpaired) electrons. The Labute approximate surface area is 91.1 Å². The molecule has 0 spiro atoms. The van der Waals surface area contributed by atoms with E-state index in [-0.39, 0.29) is 0 Å². The van der Waals surface area contributed by atoms with Gasteiger partial charge in [0.15, 0.2) is 0 Å². The quantitative estimate of drug-likeness (QED) is 0.382. The Morgan fingerprint density at radius 1 is 1.53 bits per heavy atom. The van der Waals surface area contributed by atoms with Crippen molar-refractivity contribution < 1.29 is 27.2 Å². The fraction of sp³-hybridized carbons (Fsp3) is 0.286. The Balaban J connectivity index is 3.40. The Hall–Kier alpha value is -1.97. The van der Waals surface area contributed by atoms with E-state index in [9.17, 15) is 27.7 Å². The van der Waals surface area contributed by atoms with Gasteiger partial charge >= 0.3 is 12.0 Å². The average Bonchev–Trinajstić information content (AvgIpc) is 2.15. The van der Waals surface area contributed by atoms with Gasteiger partial charge < -0.3 is 10.5 Å². The van der Waals surface area contributed by atoms with Crippen LogP contribution in [0.25, 0.3) is 0 Å². The van der Waals surface area contributed by atoms with Crippen molar-refractivity contribution in [2.24, 2.45) is 5.73 Å². The molecule has 0 saturated carbocycles. The molecule has 0 bridgehead atoms. The van der Waals surface area contributed by atoms with Gasteiger partial charge in [0.1, 0.15) is 0 Å². The standard InChI is InChI=1S/C7H5F4N3O3/c8-6-4(14(15)16)5(17-7(9,10)11)3(1-12)2-13-6/h2H,1,12H2.